The van der Waals surface area contributed by atoms with Gasteiger partial charge in [-0.1, -0.05) is 12.1 Å². The molecule has 0 aliphatic carbocycles. The fourth-order valence-electron chi connectivity index (χ4n) is 2.44. The number of hydrogen-bond donors (Lipinski definition) is 0. The molecular formula is C17H15NO6S. The maximum Gasteiger partial charge on any atom is 0.344 e. The first-order valence-corrected chi connectivity index (χ1v) is 8.55. The zero-order chi connectivity index (χ0) is 18.0. The third kappa shape index (κ3) is 3.85. The van der Waals surface area contributed by atoms with Crippen molar-refractivity contribution < 1.29 is 28.8 Å². The Kier molecular flexibility index (Phi) is 4.80. The van der Waals surface area contributed by atoms with Crippen LogP contribution < -0.4 is 0 Å². The van der Waals surface area contributed by atoms with Gasteiger partial charge >= 0.3 is 11.9 Å². The molecule has 1 unspecified atom stereocenters. The molecular weight excluding hydrogens is 346 g/mol. The van der Waals surface area contributed by atoms with Crippen LogP contribution in [0.4, 0.5) is 0 Å². The van der Waals surface area contributed by atoms with E-state index >= 15 is 0 Å². The first-order valence-electron chi connectivity index (χ1n) is 7.67. The number of rotatable bonds is 5. The first kappa shape index (κ1) is 17.1. The quantitative estimate of drug-likeness (QED) is 0.462. The maximum absolute atomic E-state index is 11.9. The minimum Gasteiger partial charge on any atom is -0.457 e. The molecule has 1 aromatic carbocycles. The van der Waals surface area contributed by atoms with Gasteiger partial charge in [-0.15, -0.1) is 16.4 Å². The van der Waals surface area contributed by atoms with Gasteiger partial charge in [-0.2, -0.15) is 0 Å². The number of nitrogens with zero attached hydrogens (tertiary/aromatic N) is 1. The summed E-state index contributed by atoms with van der Waals surface area (Å²) in [5, 5.41) is 3.49. The minimum absolute atomic E-state index is 0.00120. The molecule has 7 nitrogen and oxygen atoms in total. The largest absolute Gasteiger partial charge is 0.457 e. The van der Waals surface area contributed by atoms with E-state index < -0.39 is 36.3 Å². The van der Waals surface area contributed by atoms with Crippen LogP contribution in [0.15, 0.2) is 29.6 Å². The highest BCUT2D eigenvalue weighted by Crippen LogP contribution is 2.26. The summed E-state index contributed by atoms with van der Waals surface area (Å²) in [6, 6.07) is 7.71. The molecule has 0 spiro atoms. The van der Waals surface area contributed by atoms with Crippen LogP contribution in [-0.2, 0) is 28.8 Å². The molecule has 25 heavy (non-hydrogen) atoms. The standard InChI is InChI=1S/C17H15NO6S/c1-10(12-3-2-11-6-7-25-13(11)8-12)23-16(21)9-17(22)24-18-14(19)4-5-15(18)20/h2-3,6-8,10H,4-5,9H2,1H3. The van der Waals surface area contributed by atoms with Gasteiger partial charge in [0, 0.05) is 17.5 Å². The number of amides is 2. The number of hydrogen-bond acceptors (Lipinski definition) is 7. The molecule has 130 valence electrons. The van der Waals surface area contributed by atoms with Gasteiger partial charge in [0.05, 0.1) is 0 Å². The van der Waals surface area contributed by atoms with Gasteiger partial charge in [-0.05, 0) is 35.4 Å². The number of carbonyl (C=O) groups is 4. The number of ether oxygens (including phenoxy) is 1. The predicted molar refractivity (Wildman–Crippen MR) is 88.1 cm³/mol. The lowest BCUT2D eigenvalue weighted by Crippen LogP contribution is -2.33. The summed E-state index contributed by atoms with van der Waals surface area (Å²) in [6.45, 7) is 1.70. The fourth-order valence-corrected chi connectivity index (χ4v) is 3.28. The Morgan fingerprint density at radius 3 is 2.60 bits per heavy atom. The summed E-state index contributed by atoms with van der Waals surface area (Å²) in [4.78, 5) is 50.9. The van der Waals surface area contributed by atoms with E-state index in [1.54, 1.807) is 18.3 Å². The summed E-state index contributed by atoms with van der Waals surface area (Å²) < 4.78 is 6.30. The number of imide groups is 1. The third-order valence-corrected chi connectivity index (χ3v) is 4.63. The van der Waals surface area contributed by atoms with E-state index in [9.17, 15) is 19.2 Å². The zero-order valence-electron chi connectivity index (χ0n) is 13.4. The van der Waals surface area contributed by atoms with E-state index in [0.717, 1.165) is 15.6 Å². The Morgan fingerprint density at radius 2 is 1.88 bits per heavy atom. The van der Waals surface area contributed by atoms with Crippen LogP contribution in [0.5, 0.6) is 0 Å². The highest BCUT2D eigenvalue weighted by atomic mass is 32.1. The summed E-state index contributed by atoms with van der Waals surface area (Å²) in [7, 11) is 0. The summed E-state index contributed by atoms with van der Waals surface area (Å²) in [5.74, 6) is -2.98. The van der Waals surface area contributed by atoms with Crippen LogP contribution in [0, 0.1) is 0 Å². The van der Waals surface area contributed by atoms with Gasteiger partial charge in [-0.25, -0.2) is 4.79 Å². The normalized spacial score (nSPS) is 15.5. The van der Waals surface area contributed by atoms with Gasteiger partial charge in [0.15, 0.2) is 0 Å². The highest BCUT2D eigenvalue weighted by Gasteiger charge is 2.33. The molecule has 2 heterocycles. The number of fused-ring (bicyclic) bond motifs is 1. The van der Waals surface area contributed by atoms with Gasteiger partial charge in [0.1, 0.15) is 12.5 Å². The molecule has 1 aromatic heterocycles. The van der Waals surface area contributed by atoms with Gasteiger partial charge in [0.2, 0.25) is 0 Å². The molecule has 1 aliphatic heterocycles. The van der Waals surface area contributed by atoms with Crippen molar-refractivity contribution in [3.8, 4) is 0 Å². The highest BCUT2D eigenvalue weighted by molar-refractivity contribution is 7.17. The SMILES string of the molecule is CC(OC(=O)CC(=O)ON1C(=O)CCC1=O)c1ccc2ccsc2c1. The number of esters is 1. The number of benzene rings is 1. The van der Waals surface area contributed by atoms with Crippen molar-refractivity contribution in [1.82, 2.24) is 5.06 Å². The van der Waals surface area contributed by atoms with Gasteiger partial charge < -0.3 is 9.57 Å². The van der Waals surface area contributed by atoms with E-state index in [2.05, 4.69) is 4.84 Å². The van der Waals surface area contributed by atoms with Crippen LogP contribution in [0.2, 0.25) is 0 Å². The van der Waals surface area contributed by atoms with Crippen molar-refractivity contribution in [2.45, 2.75) is 32.3 Å². The van der Waals surface area contributed by atoms with E-state index in [0.29, 0.717) is 5.06 Å². The molecule has 1 atom stereocenters. The second kappa shape index (κ2) is 7.02. The lowest BCUT2D eigenvalue weighted by Gasteiger charge is -2.15. The fraction of sp³-hybridized carbons (Fsp3) is 0.294. The summed E-state index contributed by atoms with van der Waals surface area (Å²) >= 11 is 1.58. The molecule has 1 fully saturated rings. The summed E-state index contributed by atoms with van der Waals surface area (Å²) in [6.07, 6.45) is -1.22. The predicted octanol–water partition coefficient (Wildman–Crippen LogP) is 2.50. The lowest BCUT2D eigenvalue weighted by molar-refractivity contribution is -0.199. The van der Waals surface area contributed by atoms with Crippen molar-refractivity contribution in [3.63, 3.8) is 0 Å². The van der Waals surface area contributed by atoms with Crippen LogP contribution in [0.1, 0.15) is 37.9 Å². The Morgan fingerprint density at radius 1 is 1.16 bits per heavy atom. The molecule has 8 heteroatoms. The Balaban J connectivity index is 1.55. The zero-order valence-corrected chi connectivity index (χ0v) is 14.2. The smallest absolute Gasteiger partial charge is 0.344 e. The minimum atomic E-state index is -1.01. The van der Waals surface area contributed by atoms with Gasteiger partial charge in [-0.3, -0.25) is 14.4 Å². The number of carbonyl (C=O) groups excluding carboxylic acids is 4. The number of hydroxylamine groups is 2. The third-order valence-electron chi connectivity index (χ3n) is 3.75. The van der Waals surface area contributed by atoms with Crippen molar-refractivity contribution in [3.05, 3.63) is 35.2 Å². The number of thiophene rings is 1. The van der Waals surface area contributed by atoms with E-state index in [1.165, 1.54) is 0 Å². The topological polar surface area (TPSA) is 90.0 Å². The van der Waals surface area contributed by atoms with Gasteiger partial charge in [0.25, 0.3) is 11.8 Å². The molecule has 1 saturated heterocycles. The van der Waals surface area contributed by atoms with Crippen molar-refractivity contribution in [1.29, 1.82) is 0 Å². The molecule has 1 aliphatic rings. The lowest BCUT2D eigenvalue weighted by atomic mass is 10.1. The summed E-state index contributed by atoms with van der Waals surface area (Å²) in [5.41, 5.74) is 0.807. The first-order chi connectivity index (χ1) is 11.9. The molecule has 0 saturated carbocycles. The van der Waals surface area contributed by atoms with Crippen LogP contribution >= 0.6 is 11.3 Å². The monoisotopic (exact) mass is 361 g/mol. The van der Waals surface area contributed by atoms with E-state index in [-0.39, 0.29) is 12.8 Å². The van der Waals surface area contributed by atoms with Crippen LogP contribution in [-0.4, -0.2) is 28.8 Å². The molecule has 0 N–H and O–H groups in total. The molecule has 0 radical (unpaired) electrons. The van der Waals surface area contributed by atoms with Crippen LogP contribution in [0.25, 0.3) is 10.1 Å². The average Bonchev–Trinajstić information content (AvgIpc) is 3.15. The molecule has 0 bridgehead atoms. The van der Waals surface area contributed by atoms with E-state index in [4.69, 9.17) is 4.74 Å². The van der Waals surface area contributed by atoms with Crippen molar-refractivity contribution in [2.75, 3.05) is 0 Å². The van der Waals surface area contributed by atoms with Crippen LogP contribution in [0.3, 0.4) is 0 Å². The molecule has 2 amide bonds. The van der Waals surface area contributed by atoms with E-state index in [1.807, 2.05) is 29.6 Å². The Hall–Kier alpha value is -2.74. The second-order valence-electron chi connectivity index (χ2n) is 5.57. The molecule has 2 aromatic rings. The Labute approximate surface area is 147 Å². The van der Waals surface area contributed by atoms with Crippen molar-refractivity contribution in [2.24, 2.45) is 0 Å². The average molecular weight is 361 g/mol. The Bertz CT molecular complexity index is 842. The second-order valence-corrected chi connectivity index (χ2v) is 6.52. The maximum atomic E-state index is 11.9. The van der Waals surface area contributed by atoms with Crippen molar-refractivity contribution >= 4 is 45.2 Å². The molecule has 3 rings (SSSR count).